The molecule has 0 amide bonds. The maximum absolute atomic E-state index is 6.16. The lowest BCUT2D eigenvalue weighted by Gasteiger charge is -2.12. The molecule has 0 saturated carbocycles. The standard InChI is InChI=1S/C19H19ClN4O2/c1-12-14(20)5-4-6-15(12)24-19-10-18(21-11-22-19)23-13-7-8-16(25-2)17(9-13)26-3/h4-11H,1-3H3,(H2,21,22,23,24). The zero-order valence-corrected chi connectivity index (χ0v) is 15.5. The Balaban J connectivity index is 1.80. The van der Waals surface area contributed by atoms with Crippen LogP contribution in [-0.4, -0.2) is 24.2 Å². The summed E-state index contributed by atoms with van der Waals surface area (Å²) in [6, 6.07) is 13.1. The molecule has 3 aromatic rings. The first-order chi connectivity index (χ1) is 12.6. The molecule has 0 saturated heterocycles. The van der Waals surface area contributed by atoms with E-state index < -0.39 is 0 Å². The van der Waals surface area contributed by atoms with Gasteiger partial charge in [-0.15, -0.1) is 0 Å². The number of ether oxygens (including phenoxy) is 2. The molecule has 6 nitrogen and oxygen atoms in total. The Morgan fingerprint density at radius 1 is 0.885 bits per heavy atom. The Hall–Kier alpha value is -2.99. The summed E-state index contributed by atoms with van der Waals surface area (Å²) < 4.78 is 10.6. The number of hydrogen-bond donors (Lipinski definition) is 2. The molecule has 0 bridgehead atoms. The maximum Gasteiger partial charge on any atom is 0.162 e. The quantitative estimate of drug-likeness (QED) is 0.640. The highest BCUT2D eigenvalue weighted by Crippen LogP contribution is 2.31. The molecule has 7 heteroatoms. The van der Waals surface area contributed by atoms with Crippen LogP contribution in [0.15, 0.2) is 48.8 Å². The molecule has 2 N–H and O–H groups in total. The minimum absolute atomic E-state index is 0.638. The summed E-state index contributed by atoms with van der Waals surface area (Å²) in [5, 5.41) is 7.19. The molecular formula is C19H19ClN4O2. The van der Waals surface area contributed by atoms with E-state index in [1.165, 1.54) is 6.33 Å². The molecule has 0 unspecified atom stereocenters. The average molecular weight is 371 g/mol. The number of methoxy groups -OCH3 is 2. The minimum atomic E-state index is 0.638. The van der Waals surface area contributed by atoms with Crippen LogP contribution in [0.25, 0.3) is 0 Å². The fraction of sp³-hybridized carbons (Fsp3) is 0.158. The van der Waals surface area contributed by atoms with Crippen LogP contribution in [-0.2, 0) is 0 Å². The van der Waals surface area contributed by atoms with Crippen LogP contribution in [0.1, 0.15) is 5.56 Å². The fourth-order valence-corrected chi connectivity index (χ4v) is 2.61. The van der Waals surface area contributed by atoms with Gasteiger partial charge in [-0.25, -0.2) is 9.97 Å². The first kappa shape index (κ1) is 17.8. The van der Waals surface area contributed by atoms with Crippen molar-refractivity contribution in [3.8, 4) is 11.5 Å². The second-order valence-corrected chi connectivity index (χ2v) is 5.93. The zero-order valence-electron chi connectivity index (χ0n) is 14.7. The summed E-state index contributed by atoms with van der Waals surface area (Å²) >= 11 is 6.16. The van der Waals surface area contributed by atoms with E-state index in [0.717, 1.165) is 16.9 Å². The number of rotatable bonds is 6. The predicted octanol–water partition coefficient (Wildman–Crippen LogP) is 4.94. The summed E-state index contributed by atoms with van der Waals surface area (Å²) in [6.45, 7) is 1.95. The van der Waals surface area contributed by atoms with E-state index in [1.54, 1.807) is 14.2 Å². The van der Waals surface area contributed by atoms with Crippen LogP contribution in [0, 0.1) is 6.92 Å². The predicted molar refractivity (Wildman–Crippen MR) is 104 cm³/mol. The van der Waals surface area contributed by atoms with Crippen LogP contribution in [0.3, 0.4) is 0 Å². The van der Waals surface area contributed by atoms with Crippen LogP contribution in [0.4, 0.5) is 23.0 Å². The number of anilines is 4. The molecule has 3 rings (SSSR count). The van der Waals surface area contributed by atoms with Crippen LogP contribution < -0.4 is 20.1 Å². The van der Waals surface area contributed by atoms with E-state index in [9.17, 15) is 0 Å². The molecule has 0 atom stereocenters. The van der Waals surface area contributed by atoms with Gasteiger partial charge in [0.25, 0.3) is 0 Å². The molecule has 0 radical (unpaired) electrons. The van der Waals surface area contributed by atoms with Crippen molar-refractivity contribution >= 4 is 34.6 Å². The van der Waals surface area contributed by atoms with Crippen molar-refractivity contribution < 1.29 is 9.47 Å². The number of hydrogen-bond acceptors (Lipinski definition) is 6. The van der Waals surface area contributed by atoms with E-state index in [1.807, 2.05) is 49.4 Å². The lowest BCUT2D eigenvalue weighted by atomic mass is 10.2. The number of benzene rings is 2. The average Bonchev–Trinajstić information content (AvgIpc) is 2.65. The first-order valence-corrected chi connectivity index (χ1v) is 8.31. The molecule has 0 aliphatic heterocycles. The monoisotopic (exact) mass is 370 g/mol. The first-order valence-electron chi connectivity index (χ1n) is 7.94. The summed E-state index contributed by atoms with van der Waals surface area (Å²) in [7, 11) is 3.20. The number of nitrogens with zero attached hydrogens (tertiary/aromatic N) is 2. The molecule has 1 heterocycles. The van der Waals surface area contributed by atoms with E-state index in [2.05, 4.69) is 20.6 Å². The summed E-state index contributed by atoms with van der Waals surface area (Å²) in [4.78, 5) is 8.51. The fourth-order valence-electron chi connectivity index (χ4n) is 2.44. The largest absolute Gasteiger partial charge is 0.493 e. The number of nitrogens with one attached hydrogen (secondary N) is 2. The lowest BCUT2D eigenvalue weighted by molar-refractivity contribution is 0.355. The molecular weight excluding hydrogens is 352 g/mol. The van der Waals surface area contributed by atoms with E-state index >= 15 is 0 Å². The minimum Gasteiger partial charge on any atom is -0.493 e. The van der Waals surface area contributed by atoms with Gasteiger partial charge in [0.05, 0.1) is 14.2 Å². The molecule has 26 heavy (non-hydrogen) atoms. The van der Waals surface area contributed by atoms with Gasteiger partial charge in [0.2, 0.25) is 0 Å². The summed E-state index contributed by atoms with van der Waals surface area (Å²) in [6.07, 6.45) is 1.49. The van der Waals surface area contributed by atoms with Gasteiger partial charge in [-0.2, -0.15) is 0 Å². The summed E-state index contributed by atoms with van der Waals surface area (Å²) in [5.74, 6) is 2.61. The maximum atomic E-state index is 6.16. The normalized spacial score (nSPS) is 10.3. The Morgan fingerprint density at radius 3 is 2.35 bits per heavy atom. The van der Waals surface area contributed by atoms with Crippen molar-refractivity contribution in [3.63, 3.8) is 0 Å². The van der Waals surface area contributed by atoms with E-state index in [-0.39, 0.29) is 0 Å². The van der Waals surface area contributed by atoms with Crippen LogP contribution >= 0.6 is 11.6 Å². The third-order valence-electron chi connectivity index (χ3n) is 3.85. The van der Waals surface area contributed by atoms with Gasteiger partial charge in [-0.3, -0.25) is 0 Å². The highest BCUT2D eigenvalue weighted by Gasteiger charge is 2.07. The SMILES string of the molecule is COc1ccc(Nc2cc(Nc3cccc(Cl)c3C)ncn2)cc1OC. The zero-order chi connectivity index (χ0) is 18.5. The third kappa shape index (κ3) is 3.97. The van der Waals surface area contributed by atoms with Crippen molar-refractivity contribution in [1.82, 2.24) is 9.97 Å². The Bertz CT molecular complexity index is 918. The van der Waals surface area contributed by atoms with Gasteiger partial charge >= 0.3 is 0 Å². The molecule has 2 aromatic carbocycles. The van der Waals surface area contributed by atoms with Crippen molar-refractivity contribution in [1.29, 1.82) is 0 Å². The Labute approximate surface area is 157 Å². The molecule has 1 aromatic heterocycles. The second kappa shape index (κ2) is 7.93. The van der Waals surface area contributed by atoms with Crippen LogP contribution in [0.5, 0.6) is 11.5 Å². The van der Waals surface area contributed by atoms with Gasteiger partial charge in [0.1, 0.15) is 18.0 Å². The number of halogens is 1. The van der Waals surface area contributed by atoms with Gasteiger partial charge in [0, 0.05) is 28.5 Å². The van der Waals surface area contributed by atoms with Gasteiger partial charge in [-0.1, -0.05) is 17.7 Å². The molecule has 134 valence electrons. The van der Waals surface area contributed by atoms with Crippen molar-refractivity contribution in [2.75, 3.05) is 24.9 Å². The highest BCUT2D eigenvalue weighted by atomic mass is 35.5. The molecule has 0 aliphatic rings. The van der Waals surface area contributed by atoms with Crippen molar-refractivity contribution in [2.24, 2.45) is 0 Å². The topological polar surface area (TPSA) is 68.3 Å². The van der Waals surface area contributed by atoms with Gasteiger partial charge < -0.3 is 20.1 Å². The van der Waals surface area contributed by atoms with Crippen LogP contribution in [0.2, 0.25) is 5.02 Å². The Morgan fingerprint density at radius 2 is 1.62 bits per heavy atom. The molecule has 0 aliphatic carbocycles. The van der Waals surface area contributed by atoms with Gasteiger partial charge in [-0.05, 0) is 36.8 Å². The van der Waals surface area contributed by atoms with E-state index in [0.29, 0.717) is 28.2 Å². The van der Waals surface area contributed by atoms with Crippen molar-refractivity contribution in [2.45, 2.75) is 6.92 Å². The third-order valence-corrected chi connectivity index (χ3v) is 4.26. The smallest absolute Gasteiger partial charge is 0.162 e. The second-order valence-electron chi connectivity index (χ2n) is 5.52. The van der Waals surface area contributed by atoms with Crippen molar-refractivity contribution in [3.05, 3.63) is 59.4 Å². The molecule has 0 spiro atoms. The van der Waals surface area contributed by atoms with Gasteiger partial charge in [0.15, 0.2) is 11.5 Å². The molecule has 0 fully saturated rings. The Kier molecular flexibility index (Phi) is 5.43. The highest BCUT2D eigenvalue weighted by molar-refractivity contribution is 6.31. The lowest BCUT2D eigenvalue weighted by Crippen LogP contribution is -2.00. The summed E-state index contributed by atoms with van der Waals surface area (Å²) in [5.41, 5.74) is 2.68. The van der Waals surface area contributed by atoms with E-state index in [4.69, 9.17) is 21.1 Å². The number of aromatic nitrogens is 2.